The molecule has 1 fully saturated rings. The summed E-state index contributed by atoms with van der Waals surface area (Å²) in [4.78, 5) is 19.5. The molecule has 21 heavy (non-hydrogen) atoms. The molecule has 2 aromatic rings. The first kappa shape index (κ1) is 14.4. The first-order valence-corrected chi connectivity index (χ1v) is 7.70. The molecule has 1 aromatic carbocycles. The monoisotopic (exact) mass is 306 g/mol. The second-order valence-corrected chi connectivity index (χ2v) is 5.94. The van der Waals surface area contributed by atoms with Crippen molar-refractivity contribution in [2.45, 2.75) is 19.3 Å². The van der Waals surface area contributed by atoms with Crippen LogP contribution in [0.5, 0.6) is 0 Å². The highest BCUT2D eigenvalue weighted by Crippen LogP contribution is 2.17. The molecule has 1 amide bonds. The molecule has 1 saturated heterocycles. The van der Waals surface area contributed by atoms with E-state index in [0.29, 0.717) is 30.3 Å². The smallest absolute Gasteiger partial charge is 0.220 e. The summed E-state index contributed by atoms with van der Waals surface area (Å²) in [6.07, 6.45) is 2.40. The Bertz CT molecular complexity index is 634. The van der Waals surface area contributed by atoms with Crippen LogP contribution in [0.2, 0.25) is 5.02 Å². The van der Waals surface area contributed by atoms with E-state index in [0.717, 1.165) is 36.4 Å². The van der Waals surface area contributed by atoms with Gasteiger partial charge in [0.25, 0.3) is 0 Å². The molecule has 5 nitrogen and oxygen atoms in total. The Morgan fingerprint density at radius 1 is 1.48 bits per heavy atom. The molecule has 0 bridgehead atoms. The number of benzene rings is 1. The highest BCUT2D eigenvalue weighted by atomic mass is 35.5. The van der Waals surface area contributed by atoms with Gasteiger partial charge in [-0.05, 0) is 43.6 Å². The van der Waals surface area contributed by atoms with Gasteiger partial charge < -0.3 is 15.6 Å². The summed E-state index contributed by atoms with van der Waals surface area (Å²) in [5.41, 5.74) is 1.83. The van der Waals surface area contributed by atoms with E-state index in [1.165, 1.54) is 0 Å². The highest BCUT2D eigenvalue weighted by molar-refractivity contribution is 6.31. The van der Waals surface area contributed by atoms with E-state index >= 15 is 0 Å². The molecule has 0 spiro atoms. The summed E-state index contributed by atoms with van der Waals surface area (Å²) in [5.74, 6) is 1.48. The number of aromatic amines is 1. The lowest BCUT2D eigenvalue weighted by Gasteiger charge is -2.08. The van der Waals surface area contributed by atoms with Crippen molar-refractivity contribution in [2.24, 2.45) is 5.92 Å². The van der Waals surface area contributed by atoms with Crippen LogP contribution in [0.15, 0.2) is 18.2 Å². The zero-order chi connectivity index (χ0) is 14.7. The minimum atomic E-state index is 0.128. The Morgan fingerprint density at radius 3 is 3.19 bits per heavy atom. The van der Waals surface area contributed by atoms with E-state index in [2.05, 4.69) is 20.6 Å². The second-order valence-electron chi connectivity index (χ2n) is 5.51. The predicted octanol–water partition coefficient (Wildman–Crippen LogP) is 1.87. The summed E-state index contributed by atoms with van der Waals surface area (Å²) in [7, 11) is 0. The average Bonchev–Trinajstić information content (AvgIpc) is 3.07. The van der Waals surface area contributed by atoms with Gasteiger partial charge in [-0.1, -0.05) is 11.6 Å². The molecule has 1 unspecified atom stereocenters. The number of imidazole rings is 1. The maximum Gasteiger partial charge on any atom is 0.220 e. The fourth-order valence-electron chi connectivity index (χ4n) is 2.70. The summed E-state index contributed by atoms with van der Waals surface area (Å²) >= 11 is 5.94. The van der Waals surface area contributed by atoms with Crippen molar-refractivity contribution in [3.63, 3.8) is 0 Å². The van der Waals surface area contributed by atoms with Gasteiger partial charge in [-0.2, -0.15) is 0 Å². The maximum atomic E-state index is 11.8. The highest BCUT2D eigenvalue weighted by Gasteiger charge is 2.17. The van der Waals surface area contributed by atoms with Crippen LogP contribution in [0.4, 0.5) is 0 Å². The molecule has 1 aliphatic heterocycles. The molecular weight excluding hydrogens is 288 g/mol. The van der Waals surface area contributed by atoms with E-state index < -0.39 is 0 Å². The van der Waals surface area contributed by atoms with E-state index in [1.54, 1.807) is 0 Å². The molecule has 0 saturated carbocycles. The summed E-state index contributed by atoms with van der Waals surface area (Å²) in [6.45, 7) is 2.59. The Labute approximate surface area is 128 Å². The lowest BCUT2D eigenvalue weighted by atomic mass is 10.0. The van der Waals surface area contributed by atoms with Crippen molar-refractivity contribution < 1.29 is 4.79 Å². The molecular formula is C15H19ClN4O. The van der Waals surface area contributed by atoms with Crippen LogP contribution in [0.3, 0.4) is 0 Å². The molecule has 112 valence electrons. The topological polar surface area (TPSA) is 69.8 Å². The van der Waals surface area contributed by atoms with Gasteiger partial charge in [0, 0.05) is 24.4 Å². The van der Waals surface area contributed by atoms with Gasteiger partial charge in [0.1, 0.15) is 5.82 Å². The van der Waals surface area contributed by atoms with Crippen molar-refractivity contribution in [1.29, 1.82) is 0 Å². The van der Waals surface area contributed by atoms with Gasteiger partial charge in [-0.25, -0.2) is 4.98 Å². The largest absolute Gasteiger partial charge is 0.356 e. The molecule has 0 radical (unpaired) electrons. The number of halogens is 1. The lowest BCUT2D eigenvalue weighted by molar-refractivity contribution is -0.121. The quantitative estimate of drug-likeness (QED) is 0.790. The zero-order valence-electron chi connectivity index (χ0n) is 11.8. The lowest BCUT2D eigenvalue weighted by Crippen LogP contribution is -2.28. The third kappa shape index (κ3) is 3.74. The van der Waals surface area contributed by atoms with Crippen LogP contribution in [0, 0.1) is 5.92 Å². The standard InChI is InChI=1S/C15H19ClN4O/c16-11-1-2-12-13(8-11)20-14(19-12)4-6-18-15(21)7-10-3-5-17-9-10/h1-2,8,10,17H,3-7,9H2,(H,18,21)(H,19,20). The first-order chi connectivity index (χ1) is 10.2. The van der Waals surface area contributed by atoms with Crippen LogP contribution in [-0.2, 0) is 11.2 Å². The van der Waals surface area contributed by atoms with Gasteiger partial charge in [-0.15, -0.1) is 0 Å². The number of hydrogen-bond donors (Lipinski definition) is 3. The number of carbonyl (C=O) groups excluding carboxylic acids is 1. The molecule has 3 N–H and O–H groups in total. The molecule has 6 heteroatoms. The maximum absolute atomic E-state index is 11.8. The van der Waals surface area contributed by atoms with Gasteiger partial charge in [0.15, 0.2) is 0 Å². The van der Waals surface area contributed by atoms with Crippen molar-refractivity contribution in [2.75, 3.05) is 19.6 Å². The van der Waals surface area contributed by atoms with Crippen molar-refractivity contribution in [3.8, 4) is 0 Å². The molecule has 1 aliphatic rings. The van der Waals surface area contributed by atoms with Crippen molar-refractivity contribution >= 4 is 28.5 Å². The number of nitrogens with zero attached hydrogens (tertiary/aromatic N) is 1. The van der Waals surface area contributed by atoms with Crippen LogP contribution < -0.4 is 10.6 Å². The first-order valence-electron chi connectivity index (χ1n) is 7.32. The minimum absolute atomic E-state index is 0.128. The number of carbonyl (C=O) groups is 1. The van der Waals surface area contributed by atoms with Gasteiger partial charge in [0.2, 0.25) is 5.91 Å². The molecule has 1 aromatic heterocycles. The van der Waals surface area contributed by atoms with E-state index in [9.17, 15) is 4.79 Å². The SMILES string of the molecule is O=C(CC1CCNC1)NCCc1nc2ccc(Cl)cc2[nH]1. The minimum Gasteiger partial charge on any atom is -0.356 e. The summed E-state index contributed by atoms with van der Waals surface area (Å²) in [5, 5.41) is 6.93. The summed E-state index contributed by atoms with van der Waals surface area (Å²) in [6, 6.07) is 5.58. The fraction of sp³-hybridized carbons (Fsp3) is 0.467. The Balaban J connectivity index is 1.48. The van der Waals surface area contributed by atoms with Crippen LogP contribution in [0.25, 0.3) is 11.0 Å². The van der Waals surface area contributed by atoms with E-state index in [-0.39, 0.29) is 5.91 Å². The predicted molar refractivity (Wildman–Crippen MR) is 83.4 cm³/mol. The number of rotatable bonds is 5. The normalized spacial score (nSPS) is 18.2. The molecule has 3 rings (SSSR count). The second kappa shape index (κ2) is 6.45. The van der Waals surface area contributed by atoms with Gasteiger partial charge in [0.05, 0.1) is 11.0 Å². The van der Waals surface area contributed by atoms with Crippen LogP contribution >= 0.6 is 11.6 Å². The Kier molecular flexibility index (Phi) is 4.41. The van der Waals surface area contributed by atoms with E-state index in [4.69, 9.17) is 11.6 Å². The van der Waals surface area contributed by atoms with Crippen molar-refractivity contribution in [3.05, 3.63) is 29.0 Å². The fourth-order valence-corrected chi connectivity index (χ4v) is 2.87. The number of aromatic nitrogens is 2. The van der Waals surface area contributed by atoms with E-state index in [1.807, 2.05) is 18.2 Å². The summed E-state index contributed by atoms with van der Waals surface area (Å²) < 4.78 is 0. The average molecular weight is 307 g/mol. The number of H-pyrrole nitrogens is 1. The zero-order valence-corrected chi connectivity index (χ0v) is 12.5. The third-order valence-corrected chi connectivity index (χ3v) is 4.05. The number of hydrogen-bond acceptors (Lipinski definition) is 3. The van der Waals surface area contributed by atoms with Crippen molar-refractivity contribution in [1.82, 2.24) is 20.6 Å². The Hall–Kier alpha value is -1.59. The van der Waals surface area contributed by atoms with Crippen LogP contribution in [0.1, 0.15) is 18.7 Å². The van der Waals surface area contributed by atoms with Gasteiger partial charge >= 0.3 is 0 Å². The third-order valence-electron chi connectivity index (χ3n) is 3.81. The Morgan fingerprint density at radius 2 is 2.38 bits per heavy atom. The molecule has 1 atom stereocenters. The van der Waals surface area contributed by atoms with Crippen LogP contribution in [-0.4, -0.2) is 35.5 Å². The molecule has 0 aliphatic carbocycles. The number of amides is 1. The molecule has 2 heterocycles. The number of fused-ring (bicyclic) bond motifs is 1. The van der Waals surface area contributed by atoms with Gasteiger partial charge in [-0.3, -0.25) is 4.79 Å². The number of nitrogens with one attached hydrogen (secondary N) is 3.